The number of rotatable bonds is 5. The molecular formula is C10H17N3O. The molecule has 4 nitrogen and oxygen atoms in total. The van der Waals surface area contributed by atoms with Crippen molar-refractivity contribution in [2.75, 3.05) is 19.7 Å². The Morgan fingerprint density at radius 1 is 1.43 bits per heavy atom. The third kappa shape index (κ3) is 3.30. The minimum Gasteiger partial charge on any atom is -0.475 e. The van der Waals surface area contributed by atoms with Crippen molar-refractivity contribution in [2.24, 2.45) is 0 Å². The molecule has 0 atom stereocenters. The maximum Gasteiger partial charge on any atom is 0.235 e. The number of nitrogens with one attached hydrogen (secondary N) is 1. The highest BCUT2D eigenvalue weighted by Gasteiger charge is 2.01. The summed E-state index contributed by atoms with van der Waals surface area (Å²) < 4.78 is 5.48. The molecular weight excluding hydrogens is 178 g/mol. The normalized spacial score (nSPS) is 10.2. The first kappa shape index (κ1) is 10.9. The highest BCUT2D eigenvalue weighted by atomic mass is 16.5. The fourth-order valence-corrected chi connectivity index (χ4v) is 1.05. The average Bonchev–Trinajstić information content (AvgIpc) is 2.18. The quantitative estimate of drug-likeness (QED) is 0.714. The van der Waals surface area contributed by atoms with Crippen LogP contribution in [-0.4, -0.2) is 29.7 Å². The number of hydrogen-bond acceptors (Lipinski definition) is 4. The van der Waals surface area contributed by atoms with Gasteiger partial charge in [0.25, 0.3) is 0 Å². The van der Waals surface area contributed by atoms with Crippen LogP contribution in [0, 0.1) is 13.8 Å². The van der Waals surface area contributed by atoms with Crippen molar-refractivity contribution in [3.05, 3.63) is 17.6 Å². The van der Waals surface area contributed by atoms with E-state index in [1.54, 1.807) is 6.20 Å². The van der Waals surface area contributed by atoms with Gasteiger partial charge in [0, 0.05) is 12.7 Å². The second-order valence-electron chi connectivity index (χ2n) is 3.10. The third-order valence-corrected chi connectivity index (χ3v) is 1.80. The van der Waals surface area contributed by atoms with Crippen LogP contribution in [0.1, 0.15) is 18.3 Å². The van der Waals surface area contributed by atoms with Gasteiger partial charge in [0.1, 0.15) is 6.61 Å². The largest absolute Gasteiger partial charge is 0.475 e. The van der Waals surface area contributed by atoms with Gasteiger partial charge < -0.3 is 10.1 Å². The average molecular weight is 195 g/mol. The monoisotopic (exact) mass is 195 g/mol. The molecule has 0 saturated carbocycles. The SMILES string of the molecule is CCNCCOc1nc(C)cnc1C. The van der Waals surface area contributed by atoms with Crippen molar-refractivity contribution < 1.29 is 4.74 Å². The minimum absolute atomic E-state index is 0.632. The molecule has 1 N–H and O–H groups in total. The predicted octanol–water partition coefficient (Wildman–Crippen LogP) is 1.08. The molecule has 0 aliphatic heterocycles. The van der Waals surface area contributed by atoms with Crippen molar-refractivity contribution >= 4 is 0 Å². The second kappa shape index (κ2) is 5.54. The lowest BCUT2D eigenvalue weighted by molar-refractivity contribution is 0.299. The molecule has 0 spiro atoms. The van der Waals surface area contributed by atoms with Gasteiger partial charge >= 0.3 is 0 Å². The van der Waals surface area contributed by atoms with Crippen LogP contribution in [0.2, 0.25) is 0 Å². The van der Waals surface area contributed by atoms with Gasteiger partial charge in [-0.2, -0.15) is 0 Å². The van der Waals surface area contributed by atoms with Gasteiger partial charge in [-0.25, -0.2) is 4.98 Å². The molecule has 0 aliphatic rings. The molecule has 0 radical (unpaired) electrons. The molecule has 1 aromatic heterocycles. The molecule has 0 saturated heterocycles. The summed E-state index contributed by atoms with van der Waals surface area (Å²) in [7, 11) is 0. The first-order valence-corrected chi connectivity index (χ1v) is 4.87. The number of likely N-dealkylation sites (N-methyl/N-ethyl adjacent to an activating group) is 1. The van der Waals surface area contributed by atoms with Crippen molar-refractivity contribution in [1.82, 2.24) is 15.3 Å². The summed E-state index contributed by atoms with van der Waals surface area (Å²) in [5.41, 5.74) is 1.72. The fraction of sp³-hybridized carbons (Fsp3) is 0.600. The Bertz CT molecular complexity index is 289. The van der Waals surface area contributed by atoms with Gasteiger partial charge in [0.2, 0.25) is 5.88 Å². The van der Waals surface area contributed by atoms with E-state index in [4.69, 9.17) is 4.74 Å². The molecule has 14 heavy (non-hydrogen) atoms. The number of aryl methyl sites for hydroxylation is 2. The Hall–Kier alpha value is -1.16. The van der Waals surface area contributed by atoms with Crippen LogP contribution in [0.15, 0.2) is 6.20 Å². The molecule has 0 aliphatic carbocycles. The van der Waals surface area contributed by atoms with E-state index in [0.717, 1.165) is 24.5 Å². The fourth-order valence-electron chi connectivity index (χ4n) is 1.05. The minimum atomic E-state index is 0.632. The van der Waals surface area contributed by atoms with Gasteiger partial charge in [-0.15, -0.1) is 0 Å². The zero-order chi connectivity index (χ0) is 10.4. The number of nitrogens with zero attached hydrogens (tertiary/aromatic N) is 2. The maximum absolute atomic E-state index is 5.48. The summed E-state index contributed by atoms with van der Waals surface area (Å²) in [5.74, 6) is 0.642. The van der Waals surface area contributed by atoms with Crippen LogP contribution in [0.5, 0.6) is 5.88 Å². The lowest BCUT2D eigenvalue weighted by atomic mass is 10.4. The van der Waals surface area contributed by atoms with E-state index < -0.39 is 0 Å². The highest BCUT2D eigenvalue weighted by molar-refractivity contribution is 5.17. The standard InChI is InChI=1S/C10H17N3O/c1-4-11-5-6-14-10-9(3)12-7-8(2)13-10/h7,11H,4-6H2,1-3H3. The lowest BCUT2D eigenvalue weighted by Gasteiger charge is -2.07. The van der Waals surface area contributed by atoms with E-state index in [1.807, 2.05) is 13.8 Å². The topological polar surface area (TPSA) is 47.0 Å². The van der Waals surface area contributed by atoms with Crippen LogP contribution < -0.4 is 10.1 Å². The molecule has 0 bridgehead atoms. The van der Waals surface area contributed by atoms with Crippen molar-refractivity contribution in [1.29, 1.82) is 0 Å². The summed E-state index contributed by atoms with van der Waals surface area (Å²) >= 11 is 0. The Morgan fingerprint density at radius 2 is 2.21 bits per heavy atom. The molecule has 0 amide bonds. The molecule has 4 heteroatoms. The van der Waals surface area contributed by atoms with Crippen molar-refractivity contribution in [3.63, 3.8) is 0 Å². The number of ether oxygens (including phenoxy) is 1. The van der Waals surface area contributed by atoms with Gasteiger partial charge in [-0.05, 0) is 20.4 Å². The molecule has 1 heterocycles. The third-order valence-electron chi connectivity index (χ3n) is 1.80. The van der Waals surface area contributed by atoms with Gasteiger partial charge in [-0.1, -0.05) is 6.92 Å². The summed E-state index contributed by atoms with van der Waals surface area (Å²) in [6.07, 6.45) is 1.74. The zero-order valence-electron chi connectivity index (χ0n) is 9.00. The Morgan fingerprint density at radius 3 is 2.93 bits per heavy atom. The molecule has 1 rings (SSSR count). The summed E-state index contributed by atoms with van der Waals surface area (Å²) in [4.78, 5) is 8.43. The van der Waals surface area contributed by atoms with Gasteiger partial charge in [0.15, 0.2) is 0 Å². The van der Waals surface area contributed by atoms with E-state index in [0.29, 0.717) is 12.5 Å². The second-order valence-corrected chi connectivity index (χ2v) is 3.10. The Balaban J connectivity index is 2.45. The van der Waals surface area contributed by atoms with Crippen LogP contribution in [0.4, 0.5) is 0 Å². The van der Waals surface area contributed by atoms with Crippen LogP contribution in [0.25, 0.3) is 0 Å². The summed E-state index contributed by atoms with van der Waals surface area (Å²) in [6, 6.07) is 0. The Labute approximate surface area is 84.7 Å². The summed E-state index contributed by atoms with van der Waals surface area (Å²) in [5, 5.41) is 3.18. The van der Waals surface area contributed by atoms with Crippen molar-refractivity contribution in [3.8, 4) is 5.88 Å². The lowest BCUT2D eigenvalue weighted by Crippen LogP contribution is -2.20. The predicted molar refractivity (Wildman–Crippen MR) is 55.5 cm³/mol. The van der Waals surface area contributed by atoms with E-state index >= 15 is 0 Å². The summed E-state index contributed by atoms with van der Waals surface area (Å²) in [6.45, 7) is 8.30. The Kier molecular flexibility index (Phi) is 4.32. The first-order chi connectivity index (χ1) is 6.74. The number of aromatic nitrogens is 2. The first-order valence-electron chi connectivity index (χ1n) is 4.87. The molecule has 0 unspecified atom stereocenters. The van der Waals surface area contributed by atoms with Crippen LogP contribution in [-0.2, 0) is 0 Å². The van der Waals surface area contributed by atoms with E-state index in [2.05, 4.69) is 22.2 Å². The van der Waals surface area contributed by atoms with E-state index in [9.17, 15) is 0 Å². The molecule has 0 fully saturated rings. The van der Waals surface area contributed by atoms with Gasteiger partial charge in [-0.3, -0.25) is 4.98 Å². The van der Waals surface area contributed by atoms with Crippen LogP contribution >= 0.6 is 0 Å². The zero-order valence-corrected chi connectivity index (χ0v) is 9.00. The number of hydrogen-bond donors (Lipinski definition) is 1. The van der Waals surface area contributed by atoms with Crippen molar-refractivity contribution in [2.45, 2.75) is 20.8 Å². The maximum atomic E-state index is 5.48. The molecule has 78 valence electrons. The van der Waals surface area contributed by atoms with Crippen LogP contribution in [0.3, 0.4) is 0 Å². The molecule has 0 aromatic carbocycles. The highest BCUT2D eigenvalue weighted by Crippen LogP contribution is 2.10. The van der Waals surface area contributed by atoms with Gasteiger partial charge in [0.05, 0.1) is 11.4 Å². The van der Waals surface area contributed by atoms with E-state index in [-0.39, 0.29) is 0 Å². The van der Waals surface area contributed by atoms with E-state index in [1.165, 1.54) is 0 Å². The smallest absolute Gasteiger partial charge is 0.235 e. The molecule has 1 aromatic rings.